The van der Waals surface area contributed by atoms with Crippen LogP contribution in [0.2, 0.25) is 0 Å². The highest BCUT2D eigenvalue weighted by Gasteiger charge is 2.40. The van der Waals surface area contributed by atoms with E-state index >= 15 is 0 Å². The maximum absolute atomic E-state index is 6.14. The van der Waals surface area contributed by atoms with E-state index in [9.17, 15) is 0 Å². The van der Waals surface area contributed by atoms with Gasteiger partial charge in [-0.05, 0) is 17.7 Å². The number of ether oxygens (including phenoxy) is 2. The summed E-state index contributed by atoms with van der Waals surface area (Å²) >= 11 is 0. The summed E-state index contributed by atoms with van der Waals surface area (Å²) in [7, 11) is 0. The average Bonchev–Trinajstić information content (AvgIpc) is 3.69. The molecule has 0 unspecified atom stereocenters. The van der Waals surface area contributed by atoms with Crippen molar-refractivity contribution >= 4 is 10.9 Å². The fourth-order valence-electron chi connectivity index (χ4n) is 5.28. The van der Waals surface area contributed by atoms with Crippen LogP contribution in [-0.2, 0) is 16.7 Å². The normalized spacial score (nSPS) is 15.2. The van der Waals surface area contributed by atoms with Gasteiger partial charge in [0.05, 0.1) is 13.2 Å². The fraction of sp³-hybridized carbons (Fsp3) is 0.188. The zero-order valence-electron chi connectivity index (χ0n) is 20.3. The first-order valence-corrected chi connectivity index (χ1v) is 12.7. The molecule has 36 heavy (non-hydrogen) atoms. The summed E-state index contributed by atoms with van der Waals surface area (Å²) < 4.78 is 11.5. The Morgan fingerprint density at radius 1 is 0.778 bits per heavy atom. The molecular weight excluding hydrogens is 444 g/mol. The molecule has 4 nitrogen and oxygen atoms in total. The number of rotatable bonds is 10. The first-order valence-electron chi connectivity index (χ1n) is 12.7. The molecule has 6 rings (SSSR count). The number of quaternary nitrogens is 1. The van der Waals surface area contributed by atoms with E-state index in [1.54, 1.807) is 0 Å². The van der Waals surface area contributed by atoms with Crippen molar-refractivity contribution in [2.45, 2.75) is 18.1 Å². The molecule has 0 saturated carbocycles. The smallest absolute Gasteiger partial charge is 0.173 e. The summed E-state index contributed by atoms with van der Waals surface area (Å²) in [4.78, 5) is 3.45. The predicted octanol–water partition coefficient (Wildman–Crippen LogP) is 5.04. The maximum atomic E-state index is 6.14. The van der Waals surface area contributed by atoms with Gasteiger partial charge >= 0.3 is 0 Å². The van der Waals surface area contributed by atoms with Gasteiger partial charge in [0.1, 0.15) is 18.5 Å². The summed E-state index contributed by atoms with van der Waals surface area (Å²) in [6, 6.07) is 38.8. The van der Waals surface area contributed by atoms with Crippen molar-refractivity contribution in [2.75, 3.05) is 19.8 Å². The highest BCUT2D eigenvalue weighted by Crippen LogP contribution is 2.33. The molecule has 0 amide bonds. The Hall–Kier alpha value is -3.86. The molecule has 3 N–H and O–H groups in total. The van der Waals surface area contributed by atoms with E-state index in [1.165, 1.54) is 27.6 Å². The van der Waals surface area contributed by atoms with Crippen molar-refractivity contribution in [3.8, 4) is 5.75 Å². The van der Waals surface area contributed by atoms with Gasteiger partial charge in [-0.1, -0.05) is 97.1 Å². The molecule has 0 bridgehead atoms. The Morgan fingerprint density at radius 3 is 1.92 bits per heavy atom. The van der Waals surface area contributed by atoms with Gasteiger partial charge in [-0.25, -0.2) is 0 Å². The van der Waals surface area contributed by atoms with E-state index in [0.29, 0.717) is 6.61 Å². The van der Waals surface area contributed by atoms with E-state index in [1.807, 2.05) is 6.07 Å². The van der Waals surface area contributed by atoms with E-state index in [2.05, 4.69) is 120 Å². The van der Waals surface area contributed by atoms with Gasteiger partial charge in [-0.3, -0.25) is 0 Å². The van der Waals surface area contributed by atoms with E-state index in [4.69, 9.17) is 9.47 Å². The summed E-state index contributed by atoms with van der Waals surface area (Å²) in [6.07, 6.45) is 3.28. The molecule has 180 valence electrons. The zero-order valence-corrected chi connectivity index (χ0v) is 20.3. The lowest BCUT2D eigenvalue weighted by molar-refractivity contribution is -0.716. The second-order valence-electron chi connectivity index (χ2n) is 9.41. The van der Waals surface area contributed by atoms with Gasteiger partial charge in [-0.15, -0.1) is 0 Å². The summed E-state index contributed by atoms with van der Waals surface area (Å²) in [6.45, 7) is 2.31. The number of hydrogen-bond donors (Lipinski definition) is 2. The molecule has 1 aliphatic heterocycles. The standard InChI is InChI=1S/C32H30N2O2/c1-4-11-25(12-5-1)32(26-13-6-2-7-14-26,27-15-8-3-9-16-27)34-20-19-24-21-33-29-17-10-18-30(31(24)29)36-23-28-22-35-28/h1-18,21,28,33-34H,19-20,22-23H2/p+1/t28-/m0/s1. The van der Waals surface area contributed by atoms with Gasteiger partial charge < -0.3 is 19.8 Å². The molecule has 1 fully saturated rings. The molecule has 1 saturated heterocycles. The van der Waals surface area contributed by atoms with Crippen molar-refractivity contribution in [2.24, 2.45) is 0 Å². The Morgan fingerprint density at radius 2 is 1.36 bits per heavy atom. The number of epoxide rings is 1. The summed E-state index contributed by atoms with van der Waals surface area (Å²) in [5.41, 5.74) is 5.86. The third kappa shape index (κ3) is 4.41. The Balaban J connectivity index is 1.35. The van der Waals surface area contributed by atoms with E-state index < -0.39 is 0 Å². The quantitative estimate of drug-likeness (QED) is 0.220. The molecule has 1 aromatic heterocycles. The summed E-state index contributed by atoms with van der Waals surface area (Å²) in [5.74, 6) is 0.930. The molecule has 1 aliphatic rings. The second kappa shape index (κ2) is 10.0. The van der Waals surface area contributed by atoms with Crippen LogP contribution in [0.15, 0.2) is 115 Å². The van der Waals surface area contributed by atoms with Crippen molar-refractivity contribution in [3.05, 3.63) is 138 Å². The third-order valence-electron chi connectivity index (χ3n) is 7.13. The number of H-pyrrole nitrogens is 1. The third-order valence-corrected chi connectivity index (χ3v) is 7.13. The van der Waals surface area contributed by atoms with Gasteiger partial charge in [0.25, 0.3) is 0 Å². The van der Waals surface area contributed by atoms with E-state index in [0.717, 1.165) is 30.8 Å². The molecule has 0 spiro atoms. The minimum atomic E-state index is -0.349. The number of aromatic nitrogens is 1. The minimum absolute atomic E-state index is 0.235. The van der Waals surface area contributed by atoms with Crippen LogP contribution in [0.25, 0.3) is 10.9 Å². The highest BCUT2D eigenvalue weighted by atomic mass is 16.6. The van der Waals surface area contributed by atoms with Crippen LogP contribution >= 0.6 is 0 Å². The fourth-order valence-corrected chi connectivity index (χ4v) is 5.28. The first kappa shape index (κ1) is 22.6. The molecule has 4 heteroatoms. The van der Waals surface area contributed by atoms with Crippen LogP contribution in [-0.4, -0.2) is 30.8 Å². The monoisotopic (exact) mass is 475 g/mol. The van der Waals surface area contributed by atoms with Crippen LogP contribution in [0, 0.1) is 0 Å². The van der Waals surface area contributed by atoms with Crippen molar-refractivity contribution in [1.29, 1.82) is 0 Å². The number of nitrogens with one attached hydrogen (secondary N) is 1. The Bertz CT molecular complexity index is 1310. The van der Waals surface area contributed by atoms with Crippen LogP contribution in [0.1, 0.15) is 22.3 Å². The lowest BCUT2D eigenvalue weighted by Gasteiger charge is -2.33. The predicted molar refractivity (Wildman–Crippen MR) is 143 cm³/mol. The molecule has 1 atom stereocenters. The van der Waals surface area contributed by atoms with Crippen molar-refractivity contribution in [3.63, 3.8) is 0 Å². The number of benzene rings is 4. The van der Waals surface area contributed by atoms with Gasteiger partial charge in [0, 0.05) is 40.2 Å². The van der Waals surface area contributed by atoms with Crippen LogP contribution in [0.3, 0.4) is 0 Å². The van der Waals surface area contributed by atoms with Crippen molar-refractivity contribution in [1.82, 2.24) is 4.98 Å². The molecule has 0 radical (unpaired) electrons. The largest absolute Gasteiger partial charge is 0.490 e. The van der Waals surface area contributed by atoms with Crippen LogP contribution in [0.4, 0.5) is 0 Å². The summed E-state index contributed by atoms with van der Waals surface area (Å²) in [5, 5.41) is 3.67. The van der Waals surface area contributed by atoms with Crippen molar-refractivity contribution < 1.29 is 14.8 Å². The molecular formula is C32H31N2O2+. The van der Waals surface area contributed by atoms with Crippen LogP contribution in [0.5, 0.6) is 5.75 Å². The molecule has 5 aromatic rings. The molecule has 0 aliphatic carbocycles. The number of nitrogens with two attached hydrogens (primary N) is 1. The van der Waals surface area contributed by atoms with E-state index in [-0.39, 0.29) is 11.6 Å². The average molecular weight is 476 g/mol. The zero-order chi connectivity index (χ0) is 24.2. The lowest BCUT2D eigenvalue weighted by atomic mass is 9.77. The Labute approximate surface area is 211 Å². The van der Waals surface area contributed by atoms with Crippen LogP contribution < -0.4 is 10.1 Å². The molecule has 2 heterocycles. The maximum Gasteiger partial charge on any atom is 0.173 e. The number of aromatic amines is 1. The van der Waals surface area contributed by atoms with Gasteiger partial charge in [-0.2, -0.15) is 0 Å². The van der Waals surface area contributed by atoms with Gasteiger partial charge in [0.2, 0.25) is 0 Å². The Kier molecular flexibility index (Phi) is 6.29. The second-order valence-corrected chi connectivity index (χ2v) is 9.41. The molecule has 4 aromatic carbocycles. The highest BCUT2D eigenvalue weighted by molar-refractivity contribution is 5.89. The number of hydrogen-bond acceptors (Lipinski definition) is 2. The lowest BCUT2D eigenvalue weighted by Crippen LogP contribution is -2.96. The SMILES string of the molecule is c1ccc(C([NH2+]CCc2c[nH]c3cccc(OC[C@@H]4CO4)c23)(c2ccccc2)c2ccccc2)cc1. The minimum Gasteiger partial charge on any atom is -0.490 e. The van der Waals surface area contributed by atoms with Gasteiger partial charge in [0.15, 0.2) is 5.54 Å². The first-order chi connectivity index (χ1) is 17.8. The number of fused-ring (bicyclic) bond motifs is 1. The topological polar surface area (TPSA) is 54.2 Å².